The maximum absolute atomic E-state index is 11.7. The van der Waals surface area contributed by atoms with Crippen LogP contribution in [-0.2, 0) is 16.1 Å². The molecule has 4 nitrogen and oxygen atoms in total. The molecule has 0 amide bonds. The number of likely N-dealkylation sites (tertiary alicyclic amines) is 1. The van der Waals surface area contributed by atoms with E-state index in [-0.39, 0.29) is 11.9 Å². The van der Waals surface area contributed by atoms with E-state index in [0.29, 0.717) is 23.3 Å². The van der Waals surface area contributed by atoms with Crippen LogP contribution < -0.4 is 0 Å². The van der Waals surface area contributed by atoms with Crippen LogP contribution in [0.25, 0.3) is 0 Å². The van der Waals surface area contributed by atoms with Gasteiger partial charge in [-0.1, -0.05) is 23.2 Å². The number of carbonyl (C=O) groups is 1. The molecular formula is C14H18Cl2N2O2. The lowest BCUT2D eigenvalue weighted by Crippen LogP contribution is -2.36. The van der Waals surface area contributed by atoms with Gasteiger partial charge in [-0.2, -0.15) is 0 Å². The average Bonchev–Trinajstić information content (AvgIpc) is 2.44. The van der Waals surface area contributed by atoms with Gasteiger partial charge in [0.2, 0.25) is 0 Å². The van der Waals surface area contributed by atoms with E-state index in [2.05, 4.69) is 9.88 Å². The molecule has 0 atom stereocenters. The van der Waals surface area contributed by atoms with Crippen molar-refractivity contribution < 1.29 is 9.53 Å². The minimum atomic E-state index is -0.0777. The Balaban J connectivity index is 1.88. The molecule has 1 saturated heterocycles. The number of carbonyl (C=O) groups excluding carboxylic acids is 1. The largest absolute Gasteiger partial charge is 0.466 e. The fourth-order valence-electron chi connectivity index (χ4n) is 2.37. The second-order valence-corrected chi connectivity index (χ2v) is 5.66. The van der Waals surface area contributed by atoms with E-state index >= 15 is 0 Å². The molecule has 1 fully saturated rings. The molecule has 1 aromatic heterocycles. The molecule has 20 heavy (non-hydrogen) atoms. The number of piperidine rings is 1. The maximum atomic E-state index is 11.7. The van der Waals surface area contributed by atoms with E-state index < -0.39 is 0 Å². The fraction of sp³-hybridized carbons (Fsp3) is 0.571. The highest BCUT2D eigenvalue weighted by Gasteiger charge is 2.26. The van der Waals surface area contributed by atoms with E-state index in [9.17, 15) is 4.79 Å². The standard InChI is InChI=1S/C14H18Cl2N2O2/c1-2-20-14(19)10-5-7-18(8-6-10)9-12-11(15)3-4-13(16)17-12/h3-4,10H,2,5-9H2,1H3. The maximum Gasteiger partial charge on any atom is 0.309 e. The number of ether oxygens (including phenoxy) is 1. The van der Waals surface area contributed by atoms with Crippen molar-refractivity contribution in [2.75, 3.05) is 19.7 Å². The van der Waals surface area contributed by atoms with E-state index in [1.165, 1.54) is 0 Å². The Morgan fingerprint density at radius 3 is 2.75 bits per heavy atom. The van der Waals surface area contributed by atoms with Gasteiger partial charge in [0, 0.05) is 6.54 Å². The van der Waals surface area contributed by atoms with Gasteiger partial charge < -0.3 is 4.74 Å². The first-order chi connectivity index (χ1) is 9.60. The van der Waals surface area contributed by atoms with Crippen LogP contribution in [0.5, 0.6) is 0 Å². The van der Waals surface area contributed by atoms with Crippen LogP contribution >= 0.6 is 23.2 Å². The Morgan fingerprint density at radius 2 is 2.10 bits per heavy atom. The van der Waals surface area contributed by atoms with Crippen LogP contribution in [0.2, 0.25) is 10.2 Å². The molecule has 0 aliphatic carbocycles. The molecule has 1 aromatic rings. The molecule has 1 aliphatic heterocycles. The Bertz CT molecular complexity index is 474. The lowest BCUT2D eigenvalue weighted by Gasteiger charge is -2.30. The van der Waals surface area contributed by atoms with Gasteiger partial charge in [0.1, 0.15) is 5.15 Å². The minimum absolute atomic E-state index is 0.0222. The van der Waals surface area contributed by atoms with Crippen molar-refractivity contribution in [1.82, 2.24) is 9.88 Å². The van der Waals surface area contributed by atoms with Crippen molar-refractivity contribution in [3.63, 3.8) is 0 Å². The SMILES string of the molecule is CCOC(=O)C1CCN(Cc2nc(Cl)ccc2Cl)CC1. The zero-order valence-corrected chi connectivity index (χ0v) is 13.0. The number of rotatable bonds is 4. The first kappa shape index (κ1) is 15.5. The first-order valence-electron chi connectivity index (χ1n) is 6.80. The summed E-state index contributed by atoms with van der Waals surface area (Å²) in [5.74, 6) is -0.0555. The van der Waals surface area contributed by atoms with Crippen LogP contribution in [0.1, 0.15) is 25.5 Å². The number of nitrogens with zero attached hydrogens (tertiary/aromatic N) is 2. The van der Waals surface area contributed by atoms with Crippen molar-refractivity contribution in [2.24, 2.45) is 5.92 Å². The fourth-order valence-corrected chi connectivity index (χ4v) is 2.70. The van der Waals surface area contributed by atoms with Crippen molar-refractivity contribution in [1.29, 1.82) is 0 Å². The van der Waals surface area contributed by atoms with Crippen molar-refractivity contribution in [2.45, 2.75) is 26.3 Å². The number of aromatic nitrogens is 1. The molecular weight excluding hydrogens is 299 g/mol. The summed E-state index contributed by atoms with van der Waals surface area (Å²) in [7, 11) is 0. The summed E-state index contributed by atoms with van der Waals surface area (Å²) in [6.45, 7) is 4.62. The number of pyridine rings is 1. The summed E-state index contributed by atoms with van der Waals surface area (Å²) in [5.41, 5.74) is 0.786. The summed E-state index contributed by atoms with van der Waals surface area (Å²) in [5, 5.41) is 1.08. The van der Waals surface area contributed by atoms with Crippen LogP contribution in [0, 0.1) is 5.92 Å². The molecule has 2 rings (SSSR count). The topological polar surface area (TPSA) is 42.4 Å². The van der Waals surface area contributed by atoms with E-state index in [0.717, 1.165) is 31.6 Å². The molecule has 0 bridgehead atoms. The summed E-state index contributed by atoms with van der Waals surface area (Å²) >= 11 is 12.0. The summed E-state index contributed by atoms with van der Waals surface area (Å²) < 4.78 is 5.06. The Hall–Kier alpha value is -0.840. The number of hydrogen-bond donors (Lipinski definition) is 0. The number of halogens is 2. The van der Waals surface area contributed by atoms with Crippen LogP contribution in [-0.4, -0.2) is 35.5 Å². The molecule has 0 unspecified atom stereocenters. The highest BCUT2D eigenvalue weighted by atomic mass is 35.5. The quantitative estimate of drug-likeness (QED) is 0.632. The van der Waals surface area contributed by atoms with Gasteiger partial charge in [0.05, 0.1) is 23.2 Å². The zero-order chi connectivity index (χ0) is 14.5. The monoisotopic (exact) mass is 316 g/mol. The molecule has 2 heterocycles. The van der Waals surface area contributed by atoms with Gasteiger partial charge in [-0.05, 0) is 45.0 Å². The van der Waals surface area contributed by atoms with Crippen LogP contribution in [0.4, 0.5) is 0 Å². The van der Waals surface area contributed by atoms with Gasteiger partial charge in [0.25, 0.3) is 0 Å². The molecule has 110 valence electrons. The third-order valence-corrected chi connectivity index (χ3v) is 4.02. The van der Waals surface area contributed by atoms with Crippen molar-refractivity contribution >= 4 is 29.2 Å². The first-order valence-corrected chi connectivity index (χ1v) is 7.55. The van der Waals surface area contributed by atoms with Gasteiger partial charge in [-0.15, -0.1) is 0 Å². The van der Waals surface area contributed by atoms with Crippen LogP contribution in [0.15, 0.2) is 12.1 Å². The number of esters is 1. The number of hydrogen-bond acceptors (Lipinski definition) is 4. The molecule has 0 saturated carbocycles. The molecule has 0 aromatic carbocycles. The Morgan fingerprint density at radius 1 is 1.40 bits per heavy atom. The van der Waals surface area contributed by atoms with E-state index in [4.69, 9.17) is 27.9 Å². The predicted molar refractivity (Wildman–Crippen MR) is 78.9 cm³/mol. The third kappa shape index (κ3) is 4.08. The Kier molecular flexibility index (Phi) is 5.64. The van der Waals surface area contributed by atoms with E-state index in [1.54, 1.807) is 12.1 Å². The lowest BCUT2D eigenvalue weighted by atomic mass is 9.97. The molecule has 0 radical (unpaired) electrons. The highest BCUT2D eigenvalue weighted by Crippen LogP contribution is 2.23. The molecule has 1 aliphatic rings. The average molecular weight is 317 g/mol. The molecule has 6 heteroatoms. The van der Waals surface area contributed by atoms with Crippen LogP contribution in [0.3, 0.4) is 0 Å². The summed E-state index contributed by atoms with van der Waals surface area (Å²) in [6.07, 6.45) is 1.63. The van der Waals surface area contributed by atoms with Crippen molar-refractivity contribution in [3.8, 4) is 0 Å². The van der Waals surface area contributed by atoms with Crippen molar-refractivity contribution in [3.05, 3.63) is 28.0 Å². The molecule has 0 N–H and O–H groups in total. The lowest BCUT2D eigenvalue weighted by molar-refractivity contribution is -0.149. The zero-order valence-electron chi connectivity index (χ0n) is 11.4. The summed E-state index contributed by atoms with van der Waals surface area (Å²) in [4.78, 5) is 18.2. The predicted octanol–water partition coefficient (Wildman–Crippen LogP) is 3.16. The van der Waals surface area contributed by atoms with Gasteiger partial charge >= 0.3 is 5.97 Å². The second-order valence-electron chi connectivity index (χ2n) is 4.86. The van der Waals surface area contributed by atoms with Gasteiger partial charge in [-0.3, -0.25) is 9.69 Å². The van der Waals surface area contributed by atoms with Gasteiger partial charge in [-0.25, -0.2) is 4.98 Å². The Labute approximate surface area is 129 Å². The second kappa shape index (κ2) is 7.25. The normalized spacial score (nSPS) is 17.1. The van der Waals surface area contributed by atoms with E-state index in [1.807, 2.05) is 6.92 Å². The third-order valence-electron chi connectivity index (χ3n) is 3.47. The minimum Gasteiger partial charge on any atom is -0.466 e. The van der Waals surface area contributed by atoms with Gasteiger partial charge in [0.15, 0.2) is 0 Å². The molecule has 0 spiro atoms. The highest BCUT2D eigenvalue weighted by molar-refractivity contribution is 6.32. The summed E-state index contributed by atoms with van der Waals surface area (Å²) in [6, 6.07) is 3.44. The smallest absolute Gasteiger partial charge is 0.309 e.